The van der Waals surface area contributed by atoms with E-state index < -0.39 is 5.82 Å². The Morgan fingerprint density at radius 2 is 1.97 bits per heavy atom. The number of carbonyl (C=O) groups excluding carboxylic acids is 1. The maximum Gasteiger partial charge on any atom is 0.254 e. The molecule has 0 radical (unpaired) electrons. The summed E-state index contributed by atoms with van der Waals surface area (Å²) in [4.78, 5) is 28.5. The minimum atomic E-state index is -0.417. The molecule has 6 nitrogen and oxygen atoms in total. The molecule has 1 aromatic carbocycles. The molecule has 2 aliphatic heterocycles. The van der Waals surface area contributed by atoms with Gasteiger partial charge in [-0.05, 0) is 77.5 Å². The molecule has 158 valence electrons. The van der Waals surface area contributed by atoms with Gasteiger partial charge in [0.15, 0.2) is 5.82 Å². The topological polar surface area (TPSA) is 71.0 Å². The van der Waals surface area contributed by atoms with Crippen LogP contribution in [0, 0.1) is 11.7 Å². The Bertz CT molecular complexity index is 1090. The Morgan fingerprint density at radius 1 is 1.13 bits per heavy atom. The normalized spacial score (nSPS) is 22.4. The van der Waals surface area contributed by atoms with Gasteiger partial charge >= 0.3 is 0 Å². The summed E-state index contributed by atoms with van der Waals surface area (Å²) in [6.07, 6.45) is 7.99. The number of aromatic nitrogens is 3. The van der Waals surface area contributed by atoms with E-state index in [0.717, 1.165) is 29.6 Å². The minimum absolute atomic E-state index is 0.0533. The Kier molecular flexibility index (Phi) is 5.40. The van der Waals surface area contributed by atoms with Crippen molar-refractivity contribution in [1.82, 2.24) is 19.9 Å². The molecule has 1 amide bonds. The molecule has 0 spiro atoms. The summed E-state index contributed by atoms with van der Waals surface area (Å²) in [5.74, 6) is 1.06. The van der Waals surface area contributed by atoms with Crippen molar-refractivity contribution in [2.45, 2.75) is 31.3 Å². The van der Waals surface area contributed by atoms with Gasteiger partial charge in [0.1, 0.15) is 11.6 Å². The highest BCUT2D eigenvalue weighted by molar-refractivity contribution is 9.10. The van der Waals surface area contributed by atoms with Crippen LogP contribution in [0.25, 0.3) is 11.4 Å². The third-order valence-electron chi connectivity index (χ3n) is 6.12. The lowest BCUT2D eigenvalue weighted by Gasteiger charge is -2.50. The molecular weight excluding hydrogens is 461 g/mol. The van der Waals surface area contributed by atoms with Crippen molar-refractivity contribution >= 4 is 27.7 Å². The molecule has 3 fully saturated rings. The van der Waals surface area contributed by atoms with Gasteiger partial charge in [0.2, 0.25) is 0 Å². The molecule has 2 aromatic heterocycles. The number of carbonyl (C=O) groups is 1. The number of nitrogens with zero attached hydrogens (tertiary/aromatic N) is 4. The first-order chi connectivity index (χ1) is 15.1. The molecule has 0 unspecified atom stereocenters. The number of nitrogens with one attached hydrogen (secondary N) is 1. The highest BCUT2D eigenvalue weighted by Crippen LogP contribution is 2.38. The summed E-state index contributed by atoms with van der Waals surface area (Å²) in [5.41, 5.74) is 0.854. The maximum atomic E-state index is 14.0. The van der Waals surface area contributed by atoms with Gasteiger partial charge in [-0.1, -0.05) is 0 Å². The van der Waals surface area contributed by atoms with Gasteiger partial charge in [-0.25, -0.2) is 19.3 Å². The highest BCUT2D eigenvalue weighted by atomic mass is 79.9. The van der Waals surface area contributed by atoms with E-state index in [9.17, 15) is 9.18 Å². The van der Waals surface area contributed by atoms with E-state index in [4.69, 9.17) is 0 Å². The predicted octanol–water partition coefficient (Wildman–Crippen LogP) is 4.55. The van der Waals surface area contributed by atoms with E-state index in [1.54, 1.807) is 30.7 Å². The first-order valence-corrected chi connectivity index (χ1v) is 11.1. The quantitative estimate of drug-likeness (QED) is 0.591. The number of benzene rings is 1. The molecule has 1 N–H and O–H groups in total. The van der Waals surface area contributed by atoms with Gasteiger partial charge in [-0.3, -0.25) is 4.79 Å². The number of halogens is 2. The zero-order valence-electron chi connectivity index (χ0n) is 16.7. The lowest BCUT2D eigenvalue weighted by molar-refractivity contribution is 0.0282. The molecule has 1 saturated carbocycles. The van der Waals surface area contributed by atoms with Gasteiger partial charge in [0.05, 0.1) is 11.6 Å². The average Bonchev–Trinajstić information content (AvgIpc) is 2.81. The fourth-order valence-electron chi connectivity index (χ4n) is 4.71. The summed E-state index contributed by atoms with van der Waals surface area (Å²) >= 11 is 3.41. The first-order valence-electron chi connectivity index (χ1n) is 10.3. The molecule has 2 saturated heterocycles. The van der Waals surface area contributed by atoms with Crippen molar-refractivity contribution in [2.75, 3.05) is 11.9 Å². The van der Waals surface area contributed by atoms with Crippen LogP contribution in [0.1, 0.15) is 29.6 Å². The van der Waals surface area contributed by atoms with Crippen molar-refractivity contribution in [2.24, 2.45) is 5.92 Å². The van der Waals surface area contributed by atoms with E-state index in [0.29, 0.717) is 29.4 Å². The van der Waals surface area contributed by atoms with Gasteiger partial charge in [-0.15, -0.1) is 0 Å². The maximum absolute atomic E-state index is 14.0. The Balaban J connectivity index is 1.44. The third-order valence-corrected chi connectivity index (χ3v) is 6.59. The number of pyridine rings is 1. The first kappa shape index (κ1) is 20.1. The summed E-state index contributed by atoms with van der Waals surface area (Å²) in [6.45, 7) is 0.710. The molecule has 1 aliphatic carbocycles. The van der Waals surface area contributed by atoms with Crippen molar-refractivity contribution in [1.29, 1.82) is 0 Å². The van der Waals surface area contributed by atoms with E-state index in [2.05, 4.69) is 36.2 Å². The zero-order valence-corrected chi connectivity index (χ0v) is 18.3. The van der Waals surface area contributed by atoms with Gasteiger partial charge < -0.3 is 10.2 Å². The molecule has 3 aromatic rings. The number of fused-ring (bicyclic) bond motifs is 3. The fourth-order valence-corrected chi connectivity index (χ4v) is 4.95. The Morgan fingerprint density at radius 3 is 2.71 bits per heavy atom. The number of rotatable bonds is 4. The lowest BCUT2D eigenvalue weighted by atomic mass is 9.76. The van der Waals surface area contributed by atoms with Crippen LogP contribution in [0.2, 0.25) is 0 Å². The number of hydrogen-bond acceptors (Lipinski definition) is 5. The van der Waals surface area contributed by atoms with Crippen LogP contribution in [0.15, 0.2) is 59.5 Å². The number of anilines is 1. The van der Waals surface area contributed by atoms with Crippen LogP contribution < -0.4 is 5.32 Å². The minimum Gasteiger partial charge on any atom is -0.365 e. The molecule has 3 aliphatic rings. The van der Waals surface area contributed by atoms with Crippen molar-refractivity contribution in [3.8, 4) is 11.4 Å². The molecule has 3 atom stereocenters. The summed E-state index contributed by atoms with van der Waals surface area (Å²) in [5, 5.41) is 3.52. The number of amides is 1. The zero-order chi connectivity index (χ0) is 21.4. The van der Waals surface area contributed by atoms with Crippen LogP contribution in [-0.4, -0.2) is 44.4 Å². The highest BCUT2D eigenvalue weighted by Gasteiger charge is 2.43. The summed E-state index contributed by atoms with van der Waals surface area (Å²) in [7, 11) is 0. The van der Waals surface area contributed by atoms with Crippen LogP contribution in [0.5, 0.6) is 0 Å². The second-order valence-electron chi connectivity index (χ2n) is 8.08. The van der Waals surface area contributed by atoms with Crippen LogP contribution >= 0.6 is 15.9 Å². The van der Waals surface area contributed by atoms with E-state index in [-0.39, 0.29) is 18.0 Å². The van der Waals surface area contributed by atoms with Crippen LogP contribution in [0.3, 0.4) is 0 Å². The SMILES string of the molecule is O=C(c1ccc(F)cc1-c1ncccn1)N1C[C@@H]2CC[C@H]1[C@H](Nc1ccc(Br)cn1)C2. The molecule has 8 heteroatoms. The molecule has 6 rings (SSSR count). The van der Waals surface area contributed by atoms with Gasteiger partial charge in [0.25, 0.3) is 5.91 Å². The Labute approximate surface area is 188 Å². The summed E-state index contributed by atoms with van der Waals surface area (Å²) < 4.78 is 14.9. The van der Waals surface area contributed by atoms with E-state index in [1.807, 2.05) is 17.0 Å². The number of piperidine rings is 2. The van der Waals surface area contributed by atoms with Crippen LogP contribution in [0.4, 0.5) is 10.2 Å². The fraction of sp³-hybridized carbons (Fsp3) is 0.304. The number of hydrogen-bond donors (Lipinski definition) is 1. The third kappa shape index (κ3) is 4.04. The summed E-state index contributed by atoms with van der Waals surface area (Å²) in [6, 6.07) is 9.97. The van der Waals surface area contributed by atoms with Gasteiger partial charge in [-0.2, -0.15) is 0 Å². The second kappa shape index (κ2) is 8.34. The van der Waals surface area contributed by atoms with Crippen molar-refractivity contribution < 1.29 is 9.18 Å². The average molecular weight is 482 g/mol. The van der Waals surface area contributed by atoms with Gasteiger partial charge in [0, 0.05) is 41.2 Å². The van der Waals surface area contributed by atoms with Crippen molar-refractivity contribution in [3.05, 3.63) is 70.8 Å². The molecule has 4 heterocycles. The van der Waals surface area contributed by atoms with E-state index in [1.165, 1.54) is 12.1 Å². The smallest absolute Gasteiger partial charge is 0.254 e. The van der Waals surface area contributed by atoms with Crippen molar-refractivity contribution in [3.63, 3.8) is 0 Å². The Hall–Kier alpha value is -2.87. The molecule has 31 heavy (non-hydrogen) atoms. The van der Waals surface area contributed by atoms with Crippen LogP contribution in [-0.2, 0) is 0 Å². The molecular formula is C23H21BrFN5O. The standard InChI is InChI=1S/C23H21BrFN5O/c24-15-3-7-21(28-12-15)29-19-10-14-2-6-20(19)30(13-14)23(31)17-5-4-16(25)11-18(17)22-26-8-1-9-27-22/h1,3-5,7-9,11-12,14,19-20H,2,6,10,13H2,(H,28,29)/t14-,19-,20+/m1/s1. The second-order valence-corrected chi connectivity index (χ2v) is 8.99. The lowest BCUT2D eigenvalue weighted by Crippen LogP contribution is -2.59. The van der Waals surface area contributed by atoms with E-state index >= 15 is 0 Å². The monoisotopic (exact) mass is 481 g/mol. The molecule has 2 bridgehead atoms. The predicted molar refractivity (Wildman–Crippen MR) is 119 cm³/mol. The largest absolute Gasteiger partial charge is 0.365 e.